The average Bonchev–Trinajstić information content (AvgIpc) is 2.47. The van der Waals surface area contributed by atoms with Crippen molar-refractivity contribution >= 4 is 29.0 Å². The third-order valence-electron chi connectivity index (χ3n) is 2.88. The van der Waals surface area contributed by atoms with Crippen LogP contribution in [0.4, 0.5) is 20.2 Å². The van der Waals surface area contributed by atoms with Gasteiger partial charge in [0.2, 0.25) is 0 Å². The van der Waals surface area contributed by atoms with E-state index in [0.717, 1.165) is 17.0 Å². The molecule has 6 heteroatoms. The molecule has 1 amide bonds. The third kappa shape index (κ3) is 3.52. The summed E-state index contributed by atoms with van der Waals surface area (Å²) >= 11 is 1.54. The first-order chi connectivity index (χ1) is 10.0. The monoisotopic (exact) mass is 308 g/mol. The van der Waals surface area contributed by atoms with Gasteiger partial charge in [-0.25, -0.2) is 8.78 Å². The van der Waals surface area contributed by atoms with Gasteiger partial charge in [0.1, 0.15) is 17.3 Å². The van der Waals surface area contributed by atoms with Gasteiger partial charge in [-0.15, -0.1) is 11.8 Å². The largest absolute Gasteiger partial charge is 0.383 e. The van der Waals surface area contributed by atoms with Crippen LogP contribution in [-0.4, -0.2) is 19.2 Å². The highest BCUT2D eigenvalue weighted by molar-refractivity contribution is 7.98. The van der Waals surface area contributed by atoms with Crippen LogP contribution in [0.5, 0.6) is 0 Å². The van der Waals surface area contributed by atoms with E-state index in [2.05, 4.69) is 10.6 Å². The highest BCUT2D eigenvalue weighted by Crippen LogP contribution is 2.22. The van der Waals surface area contributed by atoms with E-state index in [-0.39, 0.29) is 11.3 Å². The van der Waals surface area contributed by atoms with Gasteiger partial charge in [-0.3, -0.25) is 4.79 Å². The highest BCUT2D eigenvalue weighted by atomic mass is 32.2. The molecule has 0 spiro atoms. The SMILES string of the molecule is CNc1c(F)cc(C(=O)Nc2cccc(SC)c2)cc1F. The summed E-state index contributed by atoms with van der Waals surface area (Å²) in [6.07, 6.45) is 1.92. The minimum atomic E-state index is -0.805. The Morgan fingerprint density at radius 2 is 1.81 bits per heavy atom. The molecule has 0 saturated heterocycles. The molecule has 0 aromatic heterocycles. The fourth-order valence-corrected chi connectivity index (χ4v) is 2.31. The summed E-state index contributed by atoms with van der Waals surface area (Å²) < 4.78 is 27.3. The van der Waals surface area contributed by atoms with Gasteiger partial charge in [0, 0.05) is 23.2 Å². The van der Waals surface area contributed by atoms with Gasteiger partial charge in [0.05, 0.1) is 0 Å². The predicted octanol–water partition coefficient (Wildman–Crippen LogP) is 3.98. The second-order valence-electron chi connectivity index (χ2n) is 4.25. The van der Waals surface area contributed by atoms with Crippen molar-refractivity contribution in [1.29, 1.82) is 0 Å². The van der Waals surface area contributed by atoms with Crippen LogP contribution < -0.4 is 10.6 Å². The van der Waals surface area contributed by atoms with E-state index < -0.39 is 17.5 Å². The van der Waals surface area contributed by atoms with Crippen molar-refractivity contribution in [2.75, 3.05) is 23.9 Å². The van der Waals surface area contributed by atoms with Crippen molar-refractivity contribution in [3.8, 4) is 0 Å². The number of anilines is 2. The number of carbonyl (C=O) groups is 1. The molecule has 0 radical (unpaired) electrons. The summed E-state index contributed by atoms with van der Waals surface area (Å²) in [5.74, 6) is -2.17. The highest BCUT2D eigenvalue weighted by Gasteiger charge is 2.14. The summed E-state index contributed by atoms with van der Waals surface area (Å²) in [5, 5.41) is 5.03. The zero-order chi connectivity index (χ0) is 15.4. The number of amides is 1. The van der Waals surface area contributed by atoms with Crippen LogP contribution in [0, 0.1) is 11.6 Å². The molecule has 21 heavy (non-hydrogen) atoms. The van der Waals surface area contributed by atoms with E-state index in [4.69, 9.17) is 0 Å². The molecule has 0 bridgehead atoms. The van der Waals surface area contributed by atoms with E-state index in [1.807, 2.05) is 12.3 Å². The Balaban J connectivity index is 2.24. The lowest BCUT2D eigenvalue weighted by molar-refractivity contribution is 0.102. The lowest BCUT2D eigenvalue weighted by Crippen LogP contribution is -2.13. The van der Waals surface area contributed by atoms with Gasteiger partial charge in [-0.2, -0.15) is 0 Å². The van der Waals surface area contributed by atoms with E-state index in [1.54, 1.807) is 18.2 Å². The Bertz CT molecular complexity index is 653. The third-order valence-corrected chi connectivity index (χ3v) is 3.61. The zero-order valence-corrected chi connectivity index (χ0v) is 12.4. The quantitative estimate of drug-likeness (QED) is 0.839. The zero-order valence-electron chi connectivity index (χ0n) is 11.5. The maximum Gasteiger partial charge on any atom is 0.255 e. The minimum absolute atomic E-state index is 0.0708. The Morgan fingerprint density at radius 3 is 2.38 bits per heavy atom. The number of halogens is 2. The molecular formula is C15H14F2N2OS. The molecule has 0 heterocycles. The summed E-state index contributed by atoms with van der Waals surface area (Å²) in [6, 6.07) is 9.21. The molecular weight excluding hydrogens is 294 g/mol. The number of benzene rings is 2. The lowest BCUT2D eigenvalue weighted by atomic mass is 10.1. The molecule has 3 nitrogen and oxygen atoms in total. The van der Waals surface area contributed by atoms with Gasteiger partial charge < -0.3 is 10.6 Å². The van der Waals surface area contributed by atoms with E-state index in [0.29, 0.717) is 5.69 Å². The van der Waals surface area contributed by atoms with Crippen LogP contribution in [0.25, 0.3) is 0 Å². The van der Waals surface area contributed by atoms with E-state index >= 15 is 0 Å². The topological polar surface area (TPSA) is 41.1 Å². The predicted molar refractivity (Wildman–Crippen MR) is 82.1 cm³/mol. The maximum atomic E-state index is 13.6. The number of hydrogen-bond acceptors (Lipinski definition) is 3. The van der Waals surface area contributed by atoms with Crippen LogP contribution in [0.15, 0.2) is 41.3 Å². The van der Waals surface area contributed by atoms with Crippen molar-refractivity contribution in [2.45, 2.75) is 4.90 Å². The van der Waals surface area contributed by atoms with Crippen LogP contribution in [-0.2, 0) is 0 Å². The van der Waals surface area contributed by atoms with Gasteiger partial charge in [-0.1, -0.05) is 6.07 Å². The molecule has 0 aliphatic carbocycles. The van der Waals surface area contributed by atoms with Gasteiger partial charge in [0.25, 0.3) is 5.91 Å². The number of thioether (sulfide) groups is 1. The van der Waals surface area contributed by atoms with E-state index in [9.17, 15) is 13.6 Å². The second kappa shape index (κ2) is 6.58. The first kappa shape index (κ1) is 15.3. The molecule has 110 valence electrons. The van der Waals surface area contributed by atoms with Crippen LogP contribution in [0.1, 0.15) is 10.4 Å². The smallest absolute Gasteiger partial charge is 0.255 e. The molecule has 0 unspecified atom stereocenters. The van der Waals surface area contributed by atoms with Gasteiger partial charge in [-0.05, 0) is 36.6 Å². The molecule has 0 saturated carbocycles. The van der Waals surface area contributed by atoms with Crippen LogP contribution in [0.2, 0.25) is 0 Å². The second-order valence-corrected chi connectivity index (χ2v) is 5.13. The Kier molecular flexibility index (Phi) is 4.80. The Morgan fingerprint density at radius 1 is 1.14 bits per heavy atom. The van der Waals surface area contributed by atoms with Crippen molar-refractivity contribution in [3.05, 3.63) is 53.6 Å². The fourth-order valence-electron chi connectivity index (χ4n) is 1.85. The van der Waals surface area contributed by atoms with Gasteiger partial charge >= 0.3 is 0 Å². The first-order valence-electron chi connectivity index (χ1n) is 6.17. The van der Waals surface area contributed by atoms with Crippen molar-refractivity contribution in [2.24, 2.45) is 0 Å². The average molecular weight is 308 g/mol. The number of rotatable bonds is 4. The molecule has 2 rings (SSSR count). The fraction of sp³-hybridized carbons (Fsp3) is 0.133. The molecule has 0 atom stereocenters. The maximum absolute atomic E-state index is 13.6. The number of carbonyl (C=O) groups excluding carboxylic acids is 1. The first-order valence-corrected chi connectivity index (χ1v) is 7.40. The summed E-state index contributed by atoms with van der Waals surface area (Å²) in [4.78, 5) is 13.0. The van der Waals surface area contributed by atoms with Gasteiger partial charge in [0.15, 0.2) is 0 Å². The summed E-state index contributed by atoms with van der Waals surface area (Å²) in [5.41, 5.74) is 0.250. The molecule has 0 aliphatic rings. The molecule has 2 aromatic carbocycles. The van der Waals surface area contributed by atoms with Crippen LogP contribution >= 0.6 is 11.8 Å². The Labute approximate surface area is 125 Å². The lowest BCUT2D eigenvalue weighted by Gasteiger charge is -2.09. The van der Waals surface area contributed by atoms with Crippen molar-refractivity contribution < 1.29 is 13.6 Å². The van der Waals surface area contributed by atoms with E-state index in [1.165, 1.54) is 18.8 Å². The van der Waals surface area contributed by atoms with Crippen molar-refractivity contribution in [3.63, 3.8) is 0 Å². The van der Waals surface area contributed by atoms with Crippen molar-refractivity contribution in [1.82, 2.24) is 0 Å². The molecule has 2 N–H and O–H groups in total. The summed E-state index contributed by atoms with van der Waals surface area (Å²) in [6.45, 7) is 0. The number of hydrogen-bond donors (Lipinski definition) is 2. The molecule has 0 aliphatic heterocycles. The van der Waals surface area contributed by atoms with Crippen LogP contribution in [0.3, 0.4) is 0 Å². The molecule has 2 aromatic rings. The number of nitrogens with one attached hydrogen (secondary N) is 2. The normalized spacial score (nSPS) is 10.3. The molecule has 0 fully saturated rings. The standard InChI is InChI=1S/C15H14F2N2OS/c1-18-14-12(16)6-9(7-13(14)17)15(20)19-10-4-3-5-11(8-10)21-2/h3-8,18H,1-2H3,(H,19,20). The minimum Gasteiger partial charge on any atom is -0.383 e. The summed E-state index contributed by atoms with van der Waals surface area (Å²) in [7, 11) is 1.41. The Hall–Kier alpha value is -2.08.